The molecule has 0 aliphatic carbocycles. The monoisotopic (exact) mass is 246 g/mol. The Labute approximate surface area is 102 Å². The molecule has 0 rings (SSSR count). The third-order valence-corrected chi connectivity index (χ3v) is 2.33. The normalized spacial score (nSPS) is 11.3. The van der Waals surface area contributed by atoms with Gasteiger partial charge < -0.3 is 4.74 Å². The molecule has 0 saturated carbocycles. The lowest BCUT2D eigenvalue weighted by Crippen LogP contribution is -2.14. The Hall–Kier alpha value is -0.830. The number of esters is 1. The highest BCUT2D eigenvalue weighted by molar-refractivity contribution is 6.41. The van der Waals surface area contributed by atoms with Gasteiger partial charge in [-0.1, -0.05) is 37.8 Å². The van der Waals surface area contributed by atoms with Crippen molar-refractivity contribution in [3.8, 4) is 0 Å². The molecule has 0 radical (unpaired) electrons. The number of halogens is 1. The van der Waals surface area contributed by atoms with Crippen LogP contribution in [0.15, 0.2) is 11.1 Å². The number of carbonyl (C=O) groups excluding carboxylic acids is 2. The number of hydrogen-bond donors (Lipinski definition) is 0. The van der Waals surface area contributed by atoms with Gasteiger partial charge in [0.15, 0.2) is 0 Å². The van der Waals surface area contributed by atoms with Crippen LogP contribution in [0, 0.1) is 0 Å². The van der Waals surface area contributed by atoms with Gasteiger partial charge in [-0.25, -0.2) is 4.79 Å². The van der Waals surface area contributed by atoms with Crippen molar-refractivity contribution in [3.05, 3.63) is 11.1 Å². The number of hydrogen-bond acceptors (Lipinski definition) is 3. The molecule has 0 heterocycles. The first-order valence-corrected chi connectivity index (χ1v) is 6.06. The highest BCUT2D eigenvalue weighted by Crippen LogP contribution is 2.13. The molecule has 0 aromatic heterocycles. The van der Waals surface area contributed by atoms with Gasteiger partial charge in [-0.2, -0.15) is 0 Å². The summed E-state index contributed by atoms with van der Waals surface area (Å²) in [6.07, 6.45) is 6.16. The second-order valence-corrected chi connectivity index (χ2v) is 3.97. The Balaban J connectivity index is 3.91. The van der Waals surface area contributed by atoms with Crippen LogP contribution in [-0.2, 0) is 14.3 Å². The maximum absolute atomic E-state index is 11.2. The zero-order valence-corrected chi connectivity index (χ0v) is 10.7. The fraction of sp³-hybridized carbons (Fsp3) is 0.667. The maximum Gasteiger partial charge on any atom is 0.379 e. The van der Waals surface area contributed by atoms with E-state index in [0.717, 1.165) is 31.8 Å². The van der Waals surface area contributed by atoms with Crippen LogP contribution in [0.2, 0.25) is 0 Å². The number of rotatable bonds is 8. The van der Waals surface area contributed by atoms with Crippen molar-refractivity contribution in [2.24, 2.45) is 0 Å². The molecule has 0 saturated heterocycles. The van der Waals surface area contributed by atoms with E-state index in [0.29, 0.717) is 11.5 Å². The molecular formula is C12H19ClO3. The topological polar surface area (TPSA) is 43.4 Å². The molecule has 16 heavy (non-hydrogen) atoms. The molecule has 3 nitrogen and oxygen atoms in total. The number of ether oxygens (including phenoxy) is 1. The Morgan fingerprint density at radius 1 is 1.19 bits per heavy atom. The van der Waals surface area contributed by atoms with Crippen LogP contribution in [0.25, 0.3) is 0 Å². The van der Waals surface area contributed by atoms with Gasteiger partial charge in [0.2, 0.25) is 0 Å². The molecule has 0 N–H and O–H groups in total. The van der Waals surface area contributed by atoms with E-state index in [-0.39, 0.29) is 6.61 Å². The van der Waals surface area contributed by atoms with E-state index in [4.69, 9.17) is 11.6 Å². The molecule has 0 aromatic rings. The van der Waals surface area contributed by atoms with Crippen molar-refractivity contribution < 1.29 is 14.3 Å². The first-order chi connectivity index (χ1) is 7.61. The van der Waals surface area contributed by atoms with Gasteiger partial charge in [0, 0.05) is 11.1 Å². The predicted molar refractivity (Wildman–Crippen MR) is 64.3 cm³/mol. The van der Waals surface area contributed by atoms with Crippen molar-refractivity contribution in [2.45, 2.75) is 46.0 Å². The van der Waals surface area contributed by atoms with Crippen LogP contribution >= 0.6 is 11.6 Å². The summed E-state index contributed by atoms with van der Waals surface area (Å²) >= 11 is 5.83. The van der Waals surface area contributed by atoms with Gasteiger partial charge in [-0.15, -0.1) is 0 Å². The van der Waals surface area contributed by atoms with Gasteiger partial charge >= 0.3 is 5.97 Å². The van der Waals surface area contributed by atoms with E-state index in [2.05, 4.69) is 11.7 Å². The van der Waals surface area contributed by atoms with Gasteiger partial charge in [0.25, 0.3) is 5.78 Å². The van der Waals surface area contributed by atoms with E-state index in [1.807, 2.05) is 0 Å². The Morgan fingerprint density at radius 3 is 2.44 bits per heavy atom. The lowest BCUT2D eigenvalue weighted by Gasteiger charge is -1.99. The van der Waals surface area contributed by atoms with Crippen LogP contribution in [0.4, 0.5) is 0 Å². The highest BCUT2D eigenvalue weighted by atomic mass is 35.5. The molecule has 0 fully saturated rings. The van der Waals surface area contributed by atoms with E-state index in [9.17, 15) is 9.59 Å². The van der Waals surface area contributed by atoms with Crippen LogP contribution in [0.1, 0.15) is 46.0 Å². The van der Waals surface area contributed by atoms with Crippen molar-refractivity contribution in [1.82, 2.24) is 0 Å². The summed E-state index contributed by atoms with van der Waals surface area (Å²) < 4.78 is 4.56. The summed E-state index contributed by atoms with van der Waals surface area (Å²) in [6, 6.07) is 0. The third-order valence-electron chi connectivity index (χ3n) is 2.03. The SMILES string of the molecule is CCCCCCC(Cl)=CC(=O)C(=O)OCC. The zero-order valence-electron chi connectivity index (χ0n) is 9.92. The van der Waals surface area contributed by atoms with Crippen LogP contribution in [-0.4, -0.2) is 18.4 Å². The van der Waals surface area contributed by atoms with Gasteiger partial charge in [-0.05, 0) is 19.8 Å². The molecule has 0 unspecified atom stereocenters. The minimum atomic E-state index is -0.839. The molecule has 0 aliphatic heterocycles. The summed E-state index contributed by atoms with van der Waals surface area (Å²) in [5.74, 6) is -1.52. The molecule has 0 aromatic carbocycles. The van der Waals surface area contributed by atoms with Crippen molar-refractivity contribution >= 4 is 23.4 Å². The lowest BCUT2D eigenvalue weighted by atomic mass is 10.1. The molecule has 0 atom stereocenters. The minimum Gasteiger partial charge on any atom is -0.460 e. The van der Waals surface area contributed by atoms with Crippen LogP contribution in [0.5, 0.6) is 0 Å². The average Bonchev–Trinajstić information content (AvgIpc) is 2.24. The van der Waals surface area contributed by atoms with Gasteiger partial charge in [0.1, 0.15) is 0 Å². The summed E-state index contributed by atoms with van der Waals surface area (Å²) in [5.41, 5.74) is 0. The standard InChI is InChI=1S/C12H19ClO3/c1-3-5-6-7-8-10(13)9-11(14)12(15)16-4-2/h9H,3-8H2,1-2H3. The molecule has 4 heteroatoms. The first-order valence-electron chi connectivity index (χ1n) is 5.69. The predicted octanol–water partition coefficient (Wildman–Crippen LogP) is 3.21. The Bertz CT molecular complexity index is 259. The van der Waals surface area contributed by atoms with E-state index in [1.165, 1.54) is 0 Å². The first kappa shape index (κ1) is 15.2. The quantitative estimate of drug-likeness (QED) is 0.286. The fourth-order valence-electron chi connectivity index (χ4n) is 1.20. The highest BCUT2D eigenvalue weighted by Gasteiger charge is 2.12. The van der Waals surface area contributed by atoms with E-state index in [1.54, 1.807) is 6.92 Å². The maximum atomic E-state index is 11.2. The van der Waals surface area contributed by atoms with Crippen LogP contribution in [0.3, 0.4) is 0 Å². The number of ketones is 1. The van der Waals surface area contributed by atoms with Crippen LogP contribution < -0.4 is 0 Å². The van der Waals surface area contributed by atoms with Gasteiger partial charge in [-0.3, -0.25) is 4.79 Å². The molecule has 0 spiro atoms. The largest absolute Gasteiger partial charge is 0.460 e. The van der Waals surface area contributed by atoms with E-state index < -0.39 is 11.8 Å². The van der Waals surface area contributed by atoms with Gasteiger partial charge in [0.05, 0.1) is 6.61 Å². The summed E-state index contributed by atoms with van der Waals surface area (Å²) in [7, 11) is 0. The number of carbonyl (C=O) groups is 2. The molecule has 0 amide bonds. The smallest absolute Gasteiger partial charge is 0.379 e. The summed E-state index contributed by atoms with van der Waals surface area (Å²) in [6.45, 7) is 3.98. The molecule has 0 bridgehead atoms. The molecule has 92 valence electrons. The minimum absolute atomic E-state index is 0.201. The zero-order chi connectivity index (χ0) is 12.4. The van der Waals surface area contributed by atoms with Crippen molar-refractivity contribution in [2.75, 3.05) is 6.61 Å². The summed E-state index contributed by atoms with van der Waals surface area (Å²) in [5, 5.41) is 0.425. The Morgan fingerprint density at radius 2 is 1.88 bits per heavy atom. The summed E-state index contributed by atoms with van der Waals surface area (Å²) in [4.78, 5) is 22.2. The number of allylic oxidation sites excluding steroid dienone is 1. The Kier molecular flexibility index (Phi) is 8.91. The average molecular weight is 247 g/mol. The van der Waals surface area contributed by atoms with Crippen molar-refractivity contribution in [1.29, 1.82) is 0 Å². The molecular weight excluding hydrogens is 228 g/mol. The second kappa shape index (κ2) is 9.40. The van der Waals surface area contributed by atoms with E-state index >= 15 is 0 Å². The second-order valence-electron chi connectivity index (χ2n) is 3.49. The van der Waals surface area contributed by atoms with Crippen molar-refractivity contribution in [3.63, 3.8) is 0 Å². The third kappa shape index (κ3) is 7.46. The molecule has 0 aliphatic rings. The fourth-order valence-corrected chi connectivity index (χ4v) is 1.43. The lowest BCUT2D eigenvalue weighted by molar-refractivity contribution is -0.151. The number of unbranched alkanes of at least 4 members (excludes halogenated alkanes) is 3.